The zero-order valence-electron chi connectivity index (χ0n) is 21.0. The van der Waals surface area contributed by atoms with E-state index in [2.05, 4.69) is 26.3 Å². The van der Waals surface area contributed by atoms with Crippen molar-refractivity contribution >= 4 is 11.9 Å². The molecule has 0 saturated heterocycles. The molecule has 6 heteroatoms. The van der Waals surface area contributed by atoms with Gasteiger partial charge in [0.25, 0.3) is 0 Å². The van der Waals surface area contributed by atoms with Crippen molar-refractivity contribution in [2.75, 3.05) is 26.4 Å². The molecular weight excluding hydrogens is 456 g/mol. The van der Waals surface area contributed by atoms with Crippen molar-refractivity contribution in [3.63, 3.8) is 0 Å². The van der Waals surface area contributed by atoms with Crippen LogP contribution in [0.3, 0.4) is 0 Å². The quantitative estimate of drug-likeness (QED) is 0.187. The second-order valence-corrected chi connectivity index (χ2v) is 7.37. The van der Waals surface area contributed by atoms with E-state index in [9.17, 15) is 9.59 Å². The third-order valence-electron chi connectivity index (χ3n) is 4.39. The van der Waals surface area contributed by atoms with Crippen molar-refractivity contribution in [2.24, 2.45) is 0 Å². The SMILES string of the molecule is C=C.C=C(C)C(=O)OC/C=C/COc1ccc(-c2ccc(OC/C=C/COC(=O)C(=C)C)cc2)cc1. The highest BCUT2D eigenvalue weighted by atomic mass is 16.5. The summed E-state index contributed by atoms with van der Waals surface area (Å²) in [5.41, 5.74) is 2.86. The molecule has 0 atom stereocenters. The molecule has 0 aromatic heterocycles. The maximum Gasteiger partial charge on any atom is 0.333 e. The minimum atomic E-state index is -0.406. The van der Waals surface area contributed by atoms with Gasteiger partial charge in [0.1, 0.15) is 37.9 Å². The lowest BCUT2D eigenvalue weighted by atomic mass is 10.1. The fraction of sp³-hybridized carbons (Fsp3) is 0.200. The Morgan fingerprint density at radius 3 is 1.22 bits per heavy atom. The van der Waals surface area contributed by atoms with Gasteiger partial charge in [-0.05, 0) is 73.5 Å². The van der Waals surface area contributed by atoms with Gasteiger partial charge in [0.15, 0.2) is 0 Å². The van der Waals surface area contributed by atoms with Gasteiger partial charge in [-0.3, -0.25) is 0 Å². The molecule has 0 spiro atoms. The van der Waals surface area contributed by atoms with Gasteiger partial charge >= 0.3 is 11.9 Å². The average Bonchev–Trinajstić information content (AvgIpc) is 2.89. The molecule has 0 aliphatic rings. The molecule has 0 unspecified atom stereocenters. The molecule has 0 aliphatic carbocycles. The molecule has 0 radical (unpaired) electrons. The molecule has 0 saturated carbocycles. The summed E-state index contributed by atoms with van der Waals surface area (Å²) in [5, 5.41) is 0. The predicted octanol–water partition coefficient (Wildman–Crippen LogP) is 6.26. The van der Waals surface area contributed by atoms with E-state index in [1.54, 1.807) is 38.2 Å². The first-order valence-electron chi connectivity index (χ1n) is 11.3. The molecule has 2 rings (SSSR count). The average molecular weight is 491 g/mol. The maximum absolute atomic E-state index is 11.3. The molecule has 0 fully saturated rings. The second-order valence-electron chi connectivity index (χ2n) is 7.37. The fourth-order valence-electron chi connectivity index (χ4n) is 2.54. The summed E-state index contributed by atoms with van der Waals surface area (Å²) in [5.74, 6) is 0.675. The summed E-state index contributed by atoms with van der Waals surface area (Å²) in [6.45, 7) is 17.4. The zero-order chi connectivity index (χ0) is 26.8. The van der Waals surface area contributed by atoms with Crippen molar-refractivity contribution in [1.82, 2.24) is 0 Å². The number of rotatable bonds is 13. The van der Waals surface area contributed by atoms with Crippen LogP contribution in [0.15, 0.2) is 110 Å². The third-order valence-corrected chi connectivity index (χ3v) is 4.39. The number of ether oxygens (including phenoxy) is 4. The smallest absolute Gasteiger partial charge is 0.333 e. The Morgan fingerprint density at radius 1 is 0.611 bits per heavy atom. The summed E-state index contributed by atoms with van der Waals surface area (Å²) in [6, 6.07) is 15.6. The molecule has 6 nitrogen and oxygen atoms in total. The number of esters is 2. The number of hydrogen-bond donors (Lipinski definition) is 0. The van der Waals surface area contributed by atoms with Crippen LogP contribution in [0.5, 0.6) is 11.5 Å². The van der Waals surface area contributed by atoms with E-state index in [1.165, 1.54) is 0 Å². The highest BCUT2D eigenvalue weighted by Gasteiger charge is 2.02. The normalized spacial score (nSPS) is 10.3. The van der Waals surface area contributed by atoms with Gasteiger partial charge < -0.3 is 18.9 Å². The molecule has 0 amide bonds. The van der Waals surface area contributed by atoms with E-state index in [0.717, 1.165) is 22.6 Å². The van der Waals surface area contributed by atoms with Gasteiger partial charge in [-0.15, -0.1) is 13.2 Å². The molecule has 0 bridgehead atoms. The second kappa shape index (κ2) is 17.2. The zero-order valence-corrected chi connectivity index (χ0v) is 21.0. The number of carbonyl (C=O) groups excluding carboxylic acids is 2. The molecule has 36 heavy (non-hydrogen) atoms. The van der Waals surface area contributed by atoms with Crippen molar-refractivity contribution in [3.8, 4) is 22.6 Å². The largest absolute Gasteiger partial charge is 0.490 e. The Kier molecular flexibility index (Phi) is 14.2. The summed E-state index contributed by atoms with van der Waals surface area (Å²) in [6.07, 6.45) is 7.05. The molecule has 2 aromatic rings. The fourth-order valence-corrected chi connectivity index (χ4v) is 2.54. The van der Waals surface area contributed by atoms with Crippen LogP contribution in [-0.4, -0.2) is 38.4 Å². The molecule has 0 heterocycles. The Labute approximate surface area is 213 Å². The Morgan fingerprint density at radius 2 is 0.917 bits per heavy atom. The standard InChI is InChI=1S/C28H30O6.C2H4/c1-21(2)27(29)33-19-7-5-17-31-25-13-9-23(10-14-25)24-11-15-26(16-12-24)32-18-6-8-20-34-28(30)22(3)4;1-2/h5-16H,1,3,17-20H2,2,4H3;1-2H2/b7-5+,8-6+;. The minimum Gasteiger partial charge on any atom is -0.490 e. The predicted molar refractivity (Wildman–Crippen MR) is 144 cm³/mol. The van der Waals surface area contributed by atoms with Crippen LogP contribution in [0.25, 0.3) is 11.1 Å². The van der Waals surface area contributed by atoms with E-state index in [1.807, 2.05) is 48.5 Å². The van der Waals surface area contributed by atoms with Crippen LogP contribution < -0.4 is 9.47 Å². The lowest BCUT2D eigenvalue weighted by Crippen LogP contribution is -2.04. The molecule has 0 N–H and O–H groups in total. The van der Waals surface area contributed by atoms with Crippen LogP contribution >= 0.6 is 0 Å². The van der Waals surface area contributed by atoms with E-state index in [4.69, 9.17) is 18.9 Å². The van der Waals surface area contributed by atoms with Crippen molar-refractivity contribution in [3.05, 3.63) is 110 Å². The van der Waals surface area contributed by atoms with Gasteiger partial charge in [0.2, 0.25) is 0 Å². The van der Waals surface area contributed by atoms with Gasteiger partial charge in [-0.1, -0.05) is 37.4 Å². The van der Waals surface area contributed by atoms with Crippen LogP contribution in [0.4, 0.5) is 0 Å². The summed E-state index contributed by atoms with van der Waals surface area (Å²) in [7, 11) is 0. The summed E-state index contributed by atoms with van der Waals surface area (Å²) < 4.78 is 21.3. The van der Waals surface area contributed by atoms with Crippen LogP contribution in [-0.2, 0) is 19.1 Å². The Hall–Kier alpha value is -4.32. The van der Waals surface area contributed by atoms with Crippen LogP contribution in [0.2, 0.25) is 0 Å². The molecule has 0 aliphatic heterocycles. The van der Waals surface area contributed by atoms with Crippen LogP contribution in [0.1, 0.15) is 13.8 Å². The lowest BCUT2D eigenvalue weighted by Gasteiger charge is -2.07. The first kappa shape index (κ1) is 29.7. The van der Waals surface area contributed by atoms with Gasteiger partial charge in [-0.25, -0.2) is 9.59 Å². The van der Waals surface area contributed by atoms with Crippen molar-refractivity contribution in [1.29, 1.82) is 0 Å². The number of benzene rings is 2. The summed E-state index contributed by atoms with van der Waals surface area (Å²) in [4.78, 5) is 22.5. The molecule has 2 aromatic carbocycles. The van der Waals surface area contributed by atoms with Gasteiger partial charge in [-0.2, -0.15) is 0 Å². The lowest BCUT2D eigenvalue weighted by molar-refractivity contribution is -0.138. The molecular formula is C30H34O6. The van der Waals surface area contributed by atoms with E-state index in [0.29, 0.717) is 24.4 Å². The Balaban J connectivity index is 0.00000316. The first-order valence-corrected chi connectivity index (χ1v) is 11.3. The van der Waals surface area contributed by atoms with Gasteiger partial charge in [0, 0.05) is 11.1 Å². The Bertz CT molecular complexity index is 960. The van der Waals surface area contributed by atoms with Crippen molar-refractivity contribution in [2.45, 2.75) is 13.8 Å². The van der Waals surface area contributed by atoms with E-state index < -0.39 is 11.9 Å². The minimum absolute atomic E-state index is 0.189. The van der Waals surface area contributed by atoms with E-state index in [-0.39, 0.29) is 13.2 Å². The number of hydrogen-bond acceptors (Lipinski definition) is 6. The maximum atomic E-state index is 11.3. The number of carbonyl (C=O) groups is 2. The third kappa shape index (κ3) is 11.7. The topological polar surface area (TPSA) is 71.1 Å². The first-order chi connectivity index (χ1) is 17.4. The van der Waals surface area contributed by atoms with E-state index >= 15 is 0 Å². The highest BCUT2D eigenvalue weighted by molar-refractivity contribution is 5.87. The van der Waals surface area contributed by atoms with Gasteiger partial charge in [0.05, 0.1) is 0 Å². The van der Waals surface area contributed by atoms with Crippen LogP contribution in [0, 0.1) is 0 Å². The highest BCUT2D eigenvalue weighted by Crippen LogP contribution is 2.24. The van der Waals surface area contributed by atoms with Crippen molar-refractivity contribution < 1.29 is 28.5 Å². The summed E-state index contributed by atoms with van der Waals surface area (Å²) >= 11 is 0. The molecule has 190 valence electrons. The monoisotopic (exact) mass is 490 g/mol.